The van der Waals surface area contributed by atoms with E-state index >= 15 is 0 Å². The highest BCUT2D eigenvalue weighted by Gasteiger charge is 2.46. The van der Waals surface area contributed by atoms with Gasteiger partial charge in [-0.15, -0.1) is 0 Å². The third-order valence-electron chi connectivity index (χ3n) is 13.6. The number of para-hydroxylation sites is 2. The topological polar surface area (TPSA) is 3.24 Å². The van der Waals surface area contributed by atoms with Gasteiger partial charge in [0.1, 0.15) is 0 Å². The molecule has 1 aliphatic rings. The van der Waals surface area contributed by atoms with E-state index in [0.29, 0.717) is 0 Å². The molecule has 0 radical (unpaired) electrons. The molecule has 310 valence electrons. The van der Waals surface area contributed by atoms with Crippen LogP contribution >= 0.6 is 0 Å². The molecule has 0 saturated carbocycles. The van der Waals surface area contributed by atoms with Crippen molar-refractivity contribution in [2.45, 2.75) is 5.41 Å². The molecule has 11 aromatic carbocycles. The number of hydrogen-bond acceptors (Lipinski definition) is 1. The van der Waals surface area contributed by atoms with E-state index in [0.717, 1.165) is 39.3 Å². The Labute approximate surface area is 387 Å². The largest absolute Gasteiger partial charge is 0.309 e. The van der Waals surface area contributed by atoms with Gasteiger partial charge in [-0.25, -0.2) is 0 Å². The average Bonchev–Trinajstić information content (AvgIpc) is 3.70. The molecule has 0 saturated heterocycles. The van der Waals surface area contributed by atoms with Crippen molar-refractivity contribution in [1.29, 1.82) is 0 Å². The van der Waals surface area contributed by atoms with Crippen LogP contribution in [0.15, 0.2) is 273 Å². The van der Waals surface area contributed by atoms with Gasteiger partial charge in [0, 0.05) is 16.8 Å². The molecule has 0 spiro atoms. The Hall–Kier alpha value is -8.52. The van der Waals surface area contributed by atoms with Gasteiger partial charge in [-0.3, -0.25) is 0 Å². The number of nitrogens with zero attached hydrogens (tertiary/aromatic N) is 1. The second kappa shape index (κ2) is 16.6. The summed E-state index contributed by atoms with van der Waals surface area (Å²) in [4.78, 5) is 2.50. The molecule has 1 nitrogen and oxygen atoms in total. The Morgan fingerprint density at radius 1 is 0.258 bits per heavy atom. The van der Waals surface area contributed by atoms with Crippen molar-refractivity contribution >= 4 is 27.8 Å². The number of fused-ring (bicyclic) bond motifs is 4. The van der Waals surface area contributed by atoms with Crippen LogP contribution in [0.25, 0.3) is 66.4 Å². The smallest absolute Gasteiger partial charge is 0.0714 e. The maximum Gasteiger partial charge on any atom is 0.0714 e. The SMILES string of the molecule is c1ccc(-c2ccc(-c3ccccc3N(c3ccc4c(c3)C(c3ccccc3)(c3ccccc3)c3ccccc3-4)c3ccccc3-c3cccc(-c4cccc5ccccc45)c3)cc2)cc1. The first-order valence-electron chi connectivity index (χ1n) is 22.8. The van der Waals surface area contributed by atoms with Crippen molar-refractivity contribution < 1.29 is 0 Å². The van der Waals surface area contributed by atoms with Gasteiger partial charge in [-0.2, -0.15) is 0 Å². The first-order valence-corrected chi connectivity index (χ1v) is 22.8. The van der Waals surface area contributed by atoms with Crippen molar-refractivity contribution in [2.75, 3.05) is 4.90 Å². The molecule has 11 aromatic rings. The molecule has 0 unspecified atom stereocenters. The van der Waals surface area contributed by atoms with Crippen LogP contribution in [0.1, 0.15) is 22.3 Å². The highest BCUT2D eigenvalue weighted by atomic mass is 15.1. The molecule has 66 heavy (non-hydrogen) atoms. The van der Waals surface area contributed by atoms with Crippen LogP contribution in [0.4, 0.5) is 17.1 Å². The van der Waals surface area contributed by atoms with E-state index in [4.69, 9.17) is 0 Å². The zero-order valence-corrected chi connectivity index (χ0v) is 36.4. The third kappa shape index (κ3) is 6.56. The van der Waals surface area contributed by atoms with Crippen LogP contribution in [0.5, 0.6) is 0 Å². The maximum atomic E-state index is 2.50. The van der Waals surface area contributed by atoms with E-state index in [2.05, 4.69) is 278 Å². The van der Waals surface area contributed by atoms with Crippen LogP contribution in [-0.4, -0.2) is 0 Å². The van der Waals surface area contributed by atoms with Gasteiger partial charge < -0.3 is 4.90 Å². The molecule has 0 aromatic heterocycles. The van der Waals surface area contributed by atoms with E-state index in [1.807, 2.05) is 0 Å². The summed E-state index contributed by atoms with van der Waals surface area (Å²) in [7, 11) is 0. The number of rotatable bonds is 9. The summed E-state index contributed by atoms with van der Waals surface area (Å²) >= 11 is 0. The minimum absolute atomic E-state index is 0.546. The fourth-order valence-corrected chi connectivity index (χ4v) is 10.6. The maximum absolute atomic E-state index is 2.50. The van der Waals surface area contributed by atoms with Crippen LogP contribution in [0.3, 0.4) is 0 Å². The fourth-order valence-electron chi connectivity index (χ4n) is 10.6. The molecular formula is C65H45N. The van der Waals surface area contributed by atoms with E-state index in [-0.39, 0.29) is 0 Å². The lowest BCUT2D eigenvalue weighted by Crippen LogP contribution is -2.28. The van der Waals surface area contributed by atoms with Crippen molar-refractivity contribution in [3.63, 3.8) is 0 Å². The number of anilines is 3. The molecule has 0 N–H and O–H groups in total. The van der Waals surface area contributed by atoms with E-state index in [1.165, 1.54) is 66.4 Å². The summed E-state index contributed by atoms with van der Waals surface area (Å²) in [5.74, 6) is 0. The monoisotopic (exact) mass is 839 g/mol. The Bertz CT molecular complexity index is 3470. The molecule has 0 heterocycles. The van der Waals surface area contributed by atoms with Gasteiger partial charge in [0.05, 0.1) is 16.8 Å². The number of benzene rings is 11. The first-order chi connectivity index (χ1) is 32.8. The van der Waals surface area contributed by atoms with E-state index in [1.54, 1.807) is 0 Å². The van der Waals surface area contributed by atoms with Gasteiger partial charge in [0.15, 0.2) is 0 Å². The quantitative estimate of drug-likeness (QED) is 0.140. The molecule has 1 heteroatoms. The first kappa shape index (κ1) is 39.1. The lowest BCUT2D eigenvalue weighted by molar-refractivity contribution is 0.768. The van der Waals surface area contributed by atoms with Gasteiger partial charge >= 0.3 is 0 Å². The zero-order valence-electron chi connectivity index (χ0n) is 36.4. The minimum atomic E-state index is -0.546. The van der Waals surface area contributed by atoms with Gasteiger partial charge in [-0.1, -0.05) is 243 Å². The summed E-state index contributed by atoms with van der Waals surface area (Å²) in [6.07, 6.45) is 0. The average molecular weight is 840 g/mol. The second-order valence-corrected chi connectivity index (χ2v) is 17.2. The van der Waals surface area contributed by atoms with Gasteiger partial charge in [0.25, 0.3) is 0 Å². The second-order valence-electron chi connectivity index (χ2n) is 17.2. The molecular weight excluding hydrogens is 795 g/mol. The highest BCUT2D eigenvalue weighted by Crippen LogP contribution is 2.58. The van der Waals surface area contributed by atoms with E-state index < -0.39 is 5.41 Å². The predicted octanol–water partition coefficient (Wildman–Crippen LogP) is 17.3. The highest BCUT2D eigenvalue weighted by molar-refractivity contribution is 5.99. The van der Waals surface area contributed by atoms with Crippen LogP contribution in [-0.2, 0) is 5.41 Å². The van der Waals surface area contributed by atoms with Gasteiger partial charge in [-0.05, 0) is 108 Å². The summed E-state index contributed by atoms with van der Waals surface area (Å²) in [5, 5.41) is 2.49. The summed E-state index contributed by atoms with van der Waals surface area (Å²) < 4.78 is 0. The summed E-state index contributed by atoms with van der Waals surface area (Å²) in [5.41, 5.74) is 19.7. The van der Waals surface area contributed by atoms with Crippen molar-refractivity contribution in [2.24, 2.45) is 0 Å². The molecule has 0 bridgehead atoms. The third-order valence-corrected chi connectivity index (χ3v) is 13.6. The summed E-state index contributed by atoms with van der Waals surface area (Å²) in [6, 6.07) is 100. The number of hydrogen-bond donors (Lipinski definition) is 0. The summed E-state index contributed by atoms with van der Waals surface area (Å²) in [6.45, 7) is 0. The lowest BCUT2D eigenvalue weighted by atomic mass is 9.67. The fraction of sp³-hybridized carbons (Fsp3) is 0.0154. The Kier molecular flexibility index (Phi) is 9.81. The van der Waals surface area contributed by atoms with Crippen molar-refractivity contribution in [3.8, 4) is 55.6 Å². The Balaban J connectivity index is 1.10. The predicted molar refractivity (Wildman–Crippen MR) is 278 cm³/mol. The molecule has 0 atom stereocenters. The van der Waals surface area contributed by atoms with Crippen LogP contribution in [0, 0.1) is 0 Å². The molecule has 0 aliphatic heterocycles. The normalized spacial score (nSPS) is 12.4. The zero-order chi connectivity index (χ0) is 43.9. The van der Waals surface area contributed by atoms with Gasteiger partial charge in [0.2, 0.25) is 0 Å². The molecule has 1 aliphatic carbocycles. The molecule has 12 rings (SSSR count). The molecule has 0 fully saturated rings. The van der Waals surface area contributed by atoms with Crippen molar-refractivity contribution in [1.82, 2.24) is 0 Å². The van der Waals surface area contributed by atoms with E-state index in [9.17, 15) is 0 Å². The Morgan fingerprint density at radius 2 is 0.712 bits per heavy atom. The Morgan fingerprint density at radius 3 is 1.41 bits per heavy atom. The minimum Gasteiger partial charge on any atom is -0.309 e. The van der Waals surface area contributed by atoms with Crippen LogP contribution < -0.4 is 4.90 Å². The molecule has 0 amide bonds. The van der Waals surface area contributed by atoms with Crippen LogP contribution in [0.2, 0.25) is 0 Å². The lowest BCUT2D eigenvalue weighted by Gasteiger charge is -2.35. The standard InChI is InChI=1S/C65H45N/c1-4-20-46(21-5-1)47-38-40-49(41-39-47)57-31-13-16-36-63(57)66(64-37-17-14-32-58(64)51-25-18-24-50(44-51)56-34-19-23-48-22-10-11-30-55(48)56)54-42-43-60-59-33-12-15-35-61(59)65(62(60)45-54,52-26-6-2-7-27-52)53-28-8-3-9-29-53/h1-45H. The van der Waals surface area contributed by atoms with Crippen molar-refractivity contribution in [3.05, 3.63) is 295 Å².